The third-order valence-electron chi connectivity index (χ3n) is 3.58. The van der Waals surface area contributed by atoms with Gasteiger partial charge in [0.2, 0.25) is 0 Å². The van der Waals surface area contributed by atoms with Crippen molar-refractivity contribution in [3.63, 3.8) is 0 Å². The Bertz CT molecular complexity index is 888. The molecule has 140 valence electrons. The van der Waals surface area contributed by atoms with Crippen LogP contribution in [0, 0.1) is 0 Å². The van der Waals surface area contributed by atoms with Gasteiger partial charge >= 0.3 is 5.97 Å². The van der Waals surface area contributed by atoms with Crippen LogP contribution in [0.2, 0.25) is 10.0 Å². The van der Waals surface area contributed by atoms with Crippen LogP contribution >= 0.6 is 23.2 Å². The van der Waals surface area contributed by atoms with Crippen molar-refractivity contribution in [3.8, 4) is 0 Å². The van der Waals surface area contributed by atoms with E-state index in [9.17, 15) is 14.4 Å². The molecule has 0 spiro atoms. The normalized spacial score (nSPS) is 11.9. The highest BCUT2D eigenvalue weighted by Crippen LogP contribution is 2.25. The predicted octanol–water partition coefficient (Wildman–Crippen LogP) is 4.78. The van der Waals surface area contributed by atoms with Gasteiger partial charge in [-0.05, 0) is 44.2 Å². The third-order valence-corrected chi connectivity index (χ3v) is 4.24. The van der Waals surface area contributed by atoms with E-state index in [2.05, 4.69) is 5.32 Å². The minimum atomic E-state index is -1.04. The van der Waals surface area contributed by atoms with Gasteiger partial charge in [0.1, 0.15) is 0 Å². The van der Waals surface area contributed by atoms with E-state index < -0.39 is 18.0 Å². The third kappa shape index (κ3) is 5.94. The van der Waals surface area contributed by atoms with Crippen LogP contribution in [0.25, 0.3) is 6.08 Å². The maximum absolute atomic E-state index is 12.2. The number of carbonyl (C=O) groups is 3. The van der Waals surface area contributed by atoms with E-state index >= 15 is 0 Å². The van der Waals surface area contributed by atoms with E-state index in [0.29, 0.717) is 26.9 Å². The van der Waals surface area contributed by atoms with E-state index in [4.69, 9.17) is 27.9 Å². The predicted molar refractivity (Wildman–Crippen MR) is 106 cm³/mol. The van der Waals surface area contributed by atoms with Gasteiger partial charge in [0.25, 0.3) is 5.91 Å². The van der Waals surface area contributed by atoms with E-state index in [0.717, 1.165) is 6.08 Å². The molecule has 1 N–H and O–H groups in total. The summed E-state index contributed by atoms with van der Waals surface area (Å²) in [7, 11) is 0. The Balaban J connectivity index is 1.97. The van der Waals surface area contributed by atoms with Gasteiger partial charge in [-0.2, -0.15) is 0 Å². The Morgan fingerprint density at radius 2 is 1.70 bits per heavy atom. The summed E-state index contributed by atoms with van der Waals surface area (Å²) in [6.45, 7) is 2.88. The SMILES string of the molecule is CC(=O)c1cccc(NC(=O)[C@H](C)OC(=O)/C=C/c2c(Cl)cccc2Cl)c1. The molecule has 0 unspecified atom stereocenters. The summed E-state index contributed by atoms with van der Waals surface area (Å²) in [6, 6.07) is 11.5. The van der Waals surface area contributed by atoms with Gasteiger partial charge in [-0.25, -0.2) is 4.79 Å². The van der Waals surface area contributed by atoms with E-state index in [1.165, 1.54) is 19.9 Å². The lowest BCUT2D eigenvalue weighted by molar-refractivity contribution is -0.148. The lowest BCUT2D eigenvalue weighted by atomic mass is 10.1. The van der Waals surface area contributed by atoms with Gasteiger partial charge in [0.05, 0.1) is 0 Å². The Morgan fingerprint density at radius 1 is 1.07 bits per heavy atom. The van der Waals surface area contributed by atoms with Gasteiger partial charge in [-0.15, -0.1) is 0 Å². The molecular weight excluding hydrogens is 389 g/mol. The fraction of sp³-hybridized carbons (Fsp3) is 0.150. The molecule has 0 saturated heterocycles. The Morgan fingerprint density at radius 3 is 2.33 bits per heavy atom. The first-order valence-electron chi connectivity index (χ1n) is 8.02. The lowest BCUT2D eigenvalue weighted by Gasteiger charge is -2.13. The van der Waals surface area contributed by atoms with Crippen molar-refractivity contribution in [2.75, 3.05) is 5.32 Å². The Labute approximate surface area is 166 Å². The molecule has 2 aromatic rings. The number of rotatable bonds is 6. The van der Waals surface area contributed by atoms with E-state index in [1.807, 2.05) is 0 Å². The van der Waals surface area contributed by atoms with E-state index in [1.54, 1.807) is 42.5 Å². The number of carbonyl (C=O) groups excluding carboxylic acids is 3. The number of nitrogens with one attached hydrogen (secondary N) is 1. The van der Waals surface area contributed by atoms with Crippen molar-refractivity contribution < 1.29 is 19.1 Å². The number of amides is 1. The van der Waals surface area contributed by atoms with Crippen molar-refractivity contribution >= 4 is 52.6 Å². The van der Waals surface area contributed by atoms with Crippen LogP contribution in [0.3, 0.4) is 0 Å². The van der Waals surface area contributed by atoms with Gasteiger partial charge in [-0.3, -0.25) is 9.59 Å². The number of esters is 1. The van der Waals surface area contributed by atoms with Crippen molar-refractivity contribution in [2.24, 2.45) is 0 Å². The van der Waals surface area contributed by atoms with Gasteiger partial charge in [0.15, 0.2) is 11.9 Å². The summed E-state index contributed by atoms with van der Waals surface area (Å²) < 4.78 is 5.07. The zero-order valence-electron chi connectivity index (χ0n) is 14.7. The molecular formula is C20H17Cl2NO4. The molecule has 5 nitrogen and oxygen atoms in total. The van der Waals surface area contributed by atoms with Gasteiger partial charge < -0.3 is 10.1 Å². The summed E-state index contributed by atoms with van der Waals surface area (Å²) in [6.07, 6.45) is 1.53. The van der Waals surface area contributed by atoms with Crippen molar-refractivity contribution in [3.05, 3.63) is 69.7 Å². The molecule has 0 heterocycles. The maximum Gasteiger partial charge on any atom is 0.331 e. The second kappa shape index (κ2) is 9.35. The van der Waals surface area contributed by atoms with Gasteiger partial charge in [0, 0.05) is 32.9 Å². The zero-order valence-corrected chi connectivity index (χ0v) is 16.2. The highest BCUT2D eigenvalue weighted by Gasteiger charge is 2.17. The first-order chi connectivity index (χ1) is 12.8. The monoisotopic (exact) mass is 405 g/mol. The second-order valence-electron chi connectivity index (χ2n) is 5.67. The summed E-state index contributed by atoms with van der Waals surface area (Å²) in [4.78, 5) is 35.5. The molecule has 27 heavy (non-hydrogen) atoms. The fourth-order valence-electron chi connectivity index (χ4n) is 2.15. The fourth-order valence-corrected chi connectivity index (χ4v) is 2.67. The van der Waals surface area contributed by atoms with Crippen LogP contribution in [0.5, 0.6) is 0 Å². The van der Waals surface area contributed by atoms with Crippen molar-refractivity contribution in [1.82, 2.24) is 0 Å². The first kappa shape index (κ1) is 20.7. The highest BCUT2D eigenvalue weighted by molar-refractivity contribution is 6.37. The molecule has 2 rings (SSSR count). The van der Waals surface area contributed by atoms with Crippen LogP contribution in [-0.2, 0) is 14.3 Å². The van der Waals surface area contributed by atoms with Crippen LogP contribution in [0.15, 0.2) is 48.5 Å². The number of ether oxygens (including phenoxy) is 1. The minimum absolute atomic E-state index is 0.117. The summed E-state index contributed by atoms with van der Waals surface area (Å²) in [5, 5.41) is 3.38. The minimum Gasteiger partial charge on any atom is -0.449 e. The van der Waals surface area contributed by atoms with Crippen LogP contribution in [-0.4, -0.2) is 23.8 Å². The number of halogens is 2. The molecule has 1 atom stereocenters. The average molecular weight is 406 g/mol. The highest BCUT2D eigenvalue weighted by atomic mass is 35.5. The molecule has 0 bridgehead atoms. The number of hydrogen-bond acceptors (Lipinski definition) is 4. The topological polar surface area (TPSA) is 72.5 Å². The summed E-state index contributed by atoms with van der Waals surface area (Å²) in [5.41, 5.74) is 1.39. The lowest BCUT2D eigenvalue weighted by Crippen LogP contribution is -2.29. The first-order valence-corrected chi connectivity index (χ1v) is 8.78. The molecule has 0 fully saturated rings. The molecule has 0 aliphatic heterocycles. The Hall–Kier alpha value is -2.63. The van der Waals surface area contributed by atoms with Crippen molar-refractivity contribution in [1.29, 1.82) is 0 Å². The van der Waals surface area contributed by atoms with Crippen LogP contribution < -0.4 is 5.32 Å². The number of anilines is 1. The molecule has 0 saturated carbocycles. The number of benzene rings is 2. The molecule has 0 aliphatic carbocycles. The quantitative estimate of drug-likeness (QED) is 0.426. The molecule has 7 heteroatoms. The molecule has 0 aromatic heterocycles. The number of Topliss-reactive ketones (excluding diaryl/α,β-unsaturated/α-hetero) is 1. The zero-order chi connectivity index (χ0) is 20.0. The summed E-state index contributed by atoms with van der Waals surface area (Å²) in [5.74, 6) is -1.35. The Kier molecular flexibility index (Phi) is 7.16. The maximum atomic E-state index is 12.2. The number of ketones is 1. The van der Waals surface area contributed by atoms with Gasteiger partial charge in [-0.1, -0.05) is 41.4 Å². The summed E-state index contributed by atoms with van der Waals surface area (Å²) >= 11 is 12.0. The molecule has 0 aliphatic rings. The van der Waals surface area contributed by atoms with Crippen molar-refractivity contribution in [2.45, 2.75) is 20.0 Å². The average Bonchev–Trinajstić information content (AvgIpc) is 2.61. The van der Waals surface area contributed by atoms with Crippen LogP contribution in [0.1, 0.15) is 29.8 Å². The molecule has 2 aromatic carbocycles. The molecule has 1 amide bonds. The second-order valence-corrected chi connectivity index (χ2v) is 6.49. The largest absolute Gasteiger partial charge is 0.449 e. The smallest absolute Gasteiger partial charge is 0.331 e. The number of hydrogen-bond donors (Lipinski definition) is 1. The molecule has 0 radical (unpaired) electrons. The van der Waals surface area contributed by atoms with E-state index in [-0.39, 0.29) is 5.78 Å². The van der Waals surface area contributed by atoms with Crippen LogP contribution in [0.4, 0.5) is 5.69 Å². The standard InChI is InChI=1S/C20H17Cl2NO4/c1-12(24)14-5-3-6-15(11-14)23-20(26)13(2)27-19(25)10-9-16-17(21)7-4-8-18(16)22/h3-11,13H,1-2H3,(H,23,26)/b10-9+/t13-/m0/s1.